The fourth-order valence-corrected chi connectivity index (χ4v) is 1.12. The van der Waals surface area contributed by atoms with E-state index >= 15 is 0 Å². The van der Waals surface area contributed by atoms with Gasteiger partial charge >= 0.3 is 0 Å². The van der Waals surface area contributed by atoms with E-state index in [-0.39, 0.29) is 0 Å². The number of rotatable bonds is 3. The highest BCUT2D eigenvalue weighted by molar-refractivity contribution is 4.84. The molecule has 9 heavy (non-hydrogen) atoms. The van der Waals surface area contributed by atoms with E-state index in [0.717, 1.165) is 19.1 Å². The Morgan fingerprint density at radius 2 is 2.33 bits per heavy atom. The number of hydrogen-bond acceptors (Lipinski definition) is 3. The van der Waals surface area contributed by atoms with Crippen LogP contribution in [0.25, 0.3) is 0 Å². The van der Waals surface area contributed by atoms with Crippen molar-refractivity contribution in [3.05, 3.63) is 0 Å². The van der Waals surface area contributed by atoms with E-state index in [4.69, 9.17) is 5.73 Å². The number of likely N-dealkylation sites (N-methyl/N-ethyl adjacent to an activating group) is 1. The summed E-state index contributed by atoms with van der Waals surface area (Å²) in [6, 6.07) is 0.719. The first-order chi connectivity index (χ1) is 4.36. The molecule has 1 aliphatic heterocycles. The van der Waals surface area contributed by atoms with Gasteiger partial charge in [-0.15, -0.1) is 0 Å². The molecule has 0 aromatic heterocycles. The van der Waals surface area contributed by atoms with Gasteiger partial charge in [0.15, 0.2) is 0 Å². The topological polar surface area (TPSA) is 41.3 Å². The van der Waals surface area contributed by atoms with Crippen LogP contribution in [0.1, 0.15) is 0 Å². The Morgan fingerprint density at radius 3 is 2.78 bits per heavy atom. The molecular weight excluding hydrogens is 114 g/mol. The Hall–Kier alpha value is -0.120. The summed E-state index contributed by atoms with van der Waals surface area (Å²) < 4.78 is 0. The third kappa shape index (κ3) is 1.64. The number of nitrogens with zero attached hydrogens (tertiary/aromatic N) is 1. The summed E-state index contributed by atoms with van der Waals surface area (Å²) in [6.45, 7) is 4.19. The summed E-state index contributed by atoms with van der Waals surface area (Å²) >= 11 is 0. The van der Waals surface area contributed by atoms with Gasteiger partial charge in [0.05, 0.1) is 0 Å². The minimum absolute atomic E-state index is 0.719. The molecule has 0 atom stereocenters. The second kappa shape index (κ2) is 3.15. The Labute approximate surface area is 56.2 Å². The van der Waals surface area contributed by atoms with Crippen LogP contribution in [0.3, 0.4) is 0 Å². The van der Waals surface area contributed by atoms with E-state index in [2.05, 4.69) is 10.2 Å². The van der Waals surface area contributed by atoms with Gasteiger partial charge in [0, 0.05) is 32.2 Å². The van der Waals surface area contributed by atoms with Gasteiger partial charge in [-0.2, -0.15) is 0 Å². The van der Waals surface area contributed by atoms with E-state index in [1.54, 1.807) is 0 Å². The number of nitrogens with two attached hydrogens (primary N) is 1. The first-order valence-electron chi connectivity index (χ1n) is 3.46. The first-order valence-corrected chi connectivity index (χ1v) is 3.46. The van der Waals surface area contributed by atoms with Crippen molar-refractivity contribution in [3.63, 3.8) is 0 Å². The molecule has 3 nitrogen and oxygen atoms in total. The minimum Gasteiger partial charge on any atom is -0.329 e. The molecule has 0 aliphatic carbocycles. The molecule has 0 amide bonds. The third-order valence-electron chi connectivity index (χ3n) is 1.81. The van der Waals surface area contributed by atoms with Gasteiger partial charge in [0.2, 0.25) is 0 Å². The Kier molecular flexibility index (Phi) is 2.45. The van der Waals surface area contributed by atoms with E-state index < -0.39 is 0 Å². The maximum atomic E-state index is 5.36. The van der Waals surface area contributed by atoms with Crippen LogP contribution in [0.2, 0.25) is 0 Å². The molecule has 0 saturated carbocycles. The second-order valence-corrected chi connectivity index (χ2v) is 2.53. The summed E-state index contributed by atoms with van der Waals surface area (Å²) in [5.74, 6) is 0. The van der Waals surface area contributed by atoms with Crippen LogP contribution in [0.15, 0.2) is 0 Å². The van der Waals surface area contributed by atoms with Gasteiger partial charge < -0.3 is 11.1 Å². The van der Waals surface area contributed by atoms with Gasteiger partial charge in [-0.3, -0.25) is 4.90 Å². The van der Waals surface area contributed by atoms with E-state index in [1.807, 2.05) is 7.05 Å². The highest BCUT2D eigenvalue weighted by Gasteiger charge is 2.23. The van der Waals surface area contributed by atoms with Crippen LogP contribution in [-0.4, -0.2) is 44.2 Å². The second-order valence-electron chi connectivity index (χ2n) is 2.53. The zero-order chi connectivity index (χ0) is 6.69. The van der Waals surface area contributed by atoms with Crippen molar-refractivity contribution < 1.29 is 0 Å². The lowest BCUT2D eigenvalue weighted by molar-refractivity contribution is 0.136. The monoisotopic (exact) mass is 129 g/mol. The maximum Gasteiger partial charge on any atom is 0.0320 e. The number of hydrogen-bond donors (Lipinski definition) is 2. The molecular formula is C6H15N3. The number of likely N-dealkylation sites (tertiary alicyclic amines) is 1. The highest BCUT2D eigenvalue weighted by Crippen LogP contribution is 2.04. The predicted molar refractivity (Wildman–Crippen MR) is 38.3 cm³/mol. The highest BCUT2D eigenvalue weighted by atomic mass is 15.2. The fraction of sp³-hybridized carbons (Fsp3) is 1.00. The summed E-state index contributed by atoms with van der Waals surface area (Å²) in [5, 5.41) is 3.21. The first kappa shape index (κ1) is 6.99. The minimum atomic E-state index is 0.719. The molecule has 3 heteroatoms. The normalized spacial score (nSPS) is 22.0. The molecule has 0 aromatic carbocycles. The van der Waals surface area contributed by atoms with E-state index in [9.17, 15) is 0 Å². The van der Waals surface area contributed by atoms with Gasteiger partial charge in [0.25, 0.3) is 0 Å². The van der Waals surface area contributed by atoms with Crippen molar-refractivity contribution in [2.75, 3.05) is 33.2 Å². The molecule has 3 N–H and O–H groups in total. The van der Waals surface area contributed by atoms with Crippen molar-refractivity contribution in [2.24, 2.45) is 5.73 Å². The van der Waals surface area contributed by atoms with Crippen molar-refractivity contribution in [1.82, 2.24) is 10.2 Å². The molecule has 1 rings (SSSR count). The number of nitrogens with one attached hydrogen (secondary N) is 1. The molecule has 1 heterocycles. The lowest BCUT2D eigenvalue weighted by atomic mass is 10.1. The van der Waals surface area contributed by atoms with Gasteiger partial charge in [-0.1, -0.05) is 0 Å². The van der Waals surface area contributed by atoms with E-state index in [1.165, 1.54) is 13.1 Å². The summed E-state index contributed by atoms with van der Waals surface area (Å²) in [6.07, 6.45) is 0. The molecule has 0 aromatic rings. The van der Waals surface area contributed by atoms with Crippen LogP contribution >= 0.6 is 0 Å². The van der Waals surface area contributed by atoms with Gasteiger partial charge in [0.1, 0.15) is 0 Å². The Bertz CT molecular complexity index is 78.4. The summed E-state index contributed by atoms with van der Waals surface area (Å²) in [4.78, 5) is 2.35. The third-order valence-corrected chi connectivity index (χ3v) is 1.81. The van der Waals surface area contributed by atoms with Crippen LogP contribution in [0.4, 0.5) is 0 Å². The maximum absolute atomic E-state index is 5.36. The molecule has 0 bridgehead atoms. The van der Waals surface area contributed by atoms with E-state index in [0.29, 0.717) is 0 Å². The molecule has 1 aliphatic rings. The summed E-state index contributed by atoms with van der Waals surface area (Å²) in [5.41, 5.74) is 5.36. The lowest BCUT2D eigenvalue weighted by Crippen LogP contribution is -2.57. The van der Waals surface area contributed by atoms with Crippen LogP contribution < -0.4 is 11.1 Å². The van der Waals surface area contributed by atoms with Crippen LogP contribution in [-0.2, 0) is 0 Å². The smallest absolute Gasteiger partial charge is 0.0320 e. The van der Waals surface area contributed by atoms with Crippen molar-refractivity contribution in [2.45, 2.75) is 6.04 Å². The Balaban J connectivity index is 1.98. The molecule has 1 fully saturated rings. The fourth-order valence-electron chi connectivity index (χ4n) is 1.12. The molecule has 0 spiro atoms. The average molecular weight is 129 g/mol. The van der Waals surface area contributed by atoms with Crippen molar-refractivity contribution in [3.8, 4) is 0 Å². The largest absolute Gasteiger partial charge is 0.329 e. The predicted octanol–water partition coefficient (Wildman–Crippen LogP) is -1.15. The SMILES string of the molecule is CNC1CN(CCN)C1. The summed E-state index contributed by atoms with van der Waals surface area (Å²) in [7, 11) is 2.00. The Morgan fingerprint density at radius 1 is 1.67 bits per heavy atom. The standard InChI is InChI=1S/C6H15N3/c1-8-6-4-9(5-6)3-2-7/h6,8H,2-5,7H2,1H3. The zero-order valence-corrected chi connectivity index (χ0v) is 5.93. The van der Waals surface area contributed by atoms with Crippen molar-refractivity contribution >= 4 is 0 Å². The molecule has 0 radical (unpaired) electrons. The quantitative estimate of drug-likeness (QED) is 0.505. The molecule has 1 saturated heterocycles. The van der Waals surface area contributed by atoms with Crippen LogP contribution in [0.5, 0.6) is 0 Å². The average Bonchev–Trinajstić information content (AvgIpc) is 1.77. The van der Waals surface area contributed by atoms with Gasteiger partial charge in [-0.05, 0) is 7.05 Å². The lowest BCUT2D eigenvalue weighted by Gasteiger charge is -2.38. The molecule has 54 valence electrons. The zero-order valence-electron chi connectivity index (χ0n) is 5.93. The van der Waals surface area contributed by atoms with Crippen LogP contribution in [0, 0.1) is 0 Å². The van der Waals surface area contributed by atoms with Crippen molar-refractivity contribution in [1.29, 1.82) is 0 Å². The van der Waals surface area contributed by atoms with Gasteiger partial charge in [-0.25, -0.2) is 0 Å². The molecule has 0 unspecified atom stereocenters.